The van der Waals surface area contributed by atoms with Crippen molar-refractivity contribution >= 4 is 5.91 Å². The third-order valence-electron chi connectivity index (χ3n) is 3.99. The van der Waals surface area contributed by atoms with Crippen molar-refractivity contribution in [1.29, 1.82) is 0 Å². The normalized spacial score (nSPS) is 11.4. The van der Waals surface area contributed by atoms with Gasteiger partial charge in [-0.25, -0.2) is 0 Å². The van der Waals surface area contributed by atoms with E-state index in [1.54, 1.807) is 18.5 Å². The van der Waals surface area contributed by atoms with Crippen molar-refractivity contribution in [2.75, 3.05) is 13.2 Å². The van der Waals surface area contributed by atoms with Crippen LogP contribution in [0.25, 0.3) is 0 Å². The summed E-state index contributed by atoms with van der Waals surface area (Å²) in [7, 11) is 0. The zero-order chi connectivity index (χ0) is 18.9. The quantitative estimate of drug-likeness (QED) is 0.663. The summed E-state index contributed by atoms with van der Waals surface area (Å²) in [5, 5.41) is 3.04. The monoisotopic (exact) mass is 362 g/mol. The Hall–Kier alpha value is -3.34. The minimum Gasteiger partial charge on any atom is -0.490 e. The molecule has 1 heterocycles. The molecule has 2 aromatic carbocycles. The van der Waals surface area contributed by atoms with E-state index in [1.165, 1.54) is 0 Å². The highest BCUT2D eigenvalue weighted by Crippen LogP contribution is 2.26. The molecule has 0 unspecified atom stereocenters. The highest BCUT2D eigenvalue weighted by atomic mass is 16.5. The van der Waals surface area contributed by atoms with Gasteiger partial charge in [0.25, 0.3) is 5.91 Å². The standard InChI is InChI=1S/C22H22N2O3/c1-2-26-19-10-6-7-11-20(19)27-16-21(25)24-22(17-8-4-3-5-9-17)18-12-14-23-15-13-18/h3-15,22H,2,16H2,1H3,(H,24,25)/t22-/m1/s1. The first-order valence-electron chi connectivity index (χ1n) is 8.86. The van der Waals surface area contributed by atoms with Gasteiger partial charge < -0.3 is 14.8 Å². The van der Waals surface area contributed by atoms with E-state index < -0.39 is 0 Å². The van der Waals surface area contributed by atoms with Crippen LogP contribution in [-0.4, -0.2) is 24.1 Å². The van der Waals surface area contributed by atoms with Crippen LogP contribution in [0.2, 0.25) is 0 Å². The van der Waals surface area contributed by atoms with Crippen LogP contribution < -0.4 is 14.8 Å². The summed E-state index contributed by atoms with van der Waals surface area (Å²) in [6.45, 7) is 2.34. The van der Waals surface area contributed by atoms with Crippen LogP contribution >= 0.6 is 0 Å². The van der Waals surface area contributed by atoms with E-state index in [0.717, 1.165) is 11.1 Å². The van der Waals surface area contributed by atoms with Gasteiger partial charge in [0, 0.05) is 12.4 Å². The van der Waals surface area contributed by atoms with Gasteiger partial charge in [0.2, 0.25) is 0 Å². The predicted octanol–water partition coefficient (Wildman–Crippen LogP) is 3.76. The van der Waals surface area contributed by atoms with Crippen LogP contribution in [0.3, 0.4) is 0 Å². The van der Waals surface area contributed by atoms with Crippen molar-refractivity contribution in [1.82, 2.24) is 10.3 Å². The average Bonchev–Trinajstić information content (AvgIpc) is 2.73. The van der Waals surface area contributed by atoms with Gasteiger partial charge in [-0.1, -0.05) is 42.5 Å². The van der Waals surface area contributed by atoms with Gasteiger partial charge in [-0.3, -0.25) is 9.78 Å². The minimum atomic E-state index is -0.271. The number of benzene rings is 2. The van der Waals surface area contributed by atoms with Crippen molar-refractivity contribution in [3.8, 4) is 11.5 Å². The van der Waals surface area contributed by atoms with Crippen molar-refractivity contribution < 1.29 is 14.3 Å². The number of hydrogen-bond donors (Lipinski definition) is 1. The molecule has 0 spiro atoms. The lowest BCUT2D eigenvalue weighted by Crippen LogP contribution is -2.33. The molecule has 0 aliphatic rings. The molecule has 1 atom stereocenters. The summed E-state index contributed by atoms with van der Waals surface area (Å²) in [6.07, 6.45) is 3.43. The highest BCUT2D eigenvalue weighted by Gasteiger charge is 2.17. The Morgan fingerprint density at radius 3 is 2.15 bits per heavy atom. The maximum Gasteiger partial charge on any atom is 0.258 e. The molecule has 0 radical (unpaired) electrons. The molecular weight excluding hydrogens is 340 g/mol. The molecule has 1 N–H and O–H groups in total. The molecule has 5 heteroatoms. The molecule has 1 amide bonds. The van der Waals surface area contributed by atoms with E-state index in [4.69, 9.17) is 9.47 Å². The second-order valence-corrected chi connectivity index (χ2v) is 5.86. The summed E-state index contributed by atoms with van der Waals surface area (Å²) in [5.74, 6) is 0.961. The lowest BCUT2D eigenvalue weighted by atomic mass is 10.00. The Balaban J connectivity index is 1.70. The van der Waals surface area contributed by atoms with Crippen LogP contribution in [0.1, 0.15) is 24.1 Å². The van der Waals surface area contributed by atoms with Crippen LogP contribution in [0.4, 0.5) is 0 Å². The van der Waals surface area contributed by atoms with Gasteiger partial charge in [0.1, 0.15) is 0 Å². The van der Waals surface area contributed by atoms with Gasteiger partial charge in [-0.2, -0.15) is 0 Å². The first-order valence-corrected chi connectivity index (χ1v) is 8.86. The largest absolute Gasteiger partial charge is 0.490 e. The van der Waals surface area contributed by atoms with Crippen LogP contribution in [-0.2, 0) is 4.79 Å². The zero-order valence-electron chi connectivity index (χ0n) is 15.2. The number of ether oxygens (including phenoxy) is 2. The maximum atomic E-state index is 12.6. The zero-order valence-corrected chi connectivity index (χ0v) is 15.2. The molecule has 27 heavy (non-hydrogen) atoms. The van der Waals surface area contributed by atoms with Crippen LogP contribution in [0.5, 0.6) is 11.5 Å². The van der Waals surface area contributed by atoms with Gasteiger partial charge in [-0.05, 0) is 42.3 Å². The maximum absolute atomic E-state index is 12.6. The molecule has 0 fully saturated rings. The Bertz CT molecular complexity index is 814. The van der Waals surface area contributed by atoms with Crippen molar-refractivity contribution in [2.24, 2.45) is 0 Å². The molecule has 0 saturated carbocycles. The Labute approximate surface area is 159 Å². The van der Waals surface area contributed by atoms with Crippen molar-refractivity contribution in [3.05, 3.63) is 90.3 Å². The third kappa shape index (κ3) is 5.07. The van der Waals surface area contributed by atoms with E-state index >= 15 is 0 Å². The lowest BCUT2D eigenvalue weighted by Gasteiger charge is -2.20. The van der Waals surface area contributed by atoms with Gasteiger partial charge >= 0.3 is 0 Å². The van der Waals surface area contributed by atoms with Crippen LogP contribution in [0.15, 0.2) is 79.1 Å². The molecule has 0 saturated heterocycles. The van der Waals surface area contributed by atoms with Gasteiger partial charge in [0.05, 0.1) is 12.6 Å². The molecular formula is C22H22N2O3. The number of amides is 1. The highest BCUT2D eigenvalue weighted by molar-refractivity contribution is 5.78. The lowest BCUT2D eigenvalue weighted by molar-refractivity contribution is -0.123. The number of nitrogens with one attached hydrogen (secondary N) is 1. The number of para-hydroxylation sites is 2. The number of aromatic nitrogens is 1. The molecule has 5 nitrogen and oxygen atoms in total. The molecule has 1 aromatic heterocycles. The van der Waals surface area contributed by atoms with Crippen LogP contribution in [0, 0.1) is 0 Å². The molecule has 0 aliphatic heterocycles. The number of rotatable bonds is 8. The fourth-order valence-electron chi connectivity index (χ4n) is 2.75. The minimum absolute atomic E-state index is 0.0987. The molecule has 0 aliphatic carbocycles. The molecule has 3 rings (SSSR count). The second kappa shape index (κ2) is 9.38. The Kier molecular flexibility index (Phi) is 6.41. The smallest absolute Gasteiger partial charge is 0.258 e. The Morgan fingerprint density at radius 2 is 1.48 bits per heavy atom. The van der Waals surface area contributed by atoms with Crippen molar-refractivity contribution in [3.63, 3.8) is 0 Å². The van der Waals surface area contributed by atoms with E-state index in [1.807, 2.05) is 67.6 Å². The first-order chi connectivity index (χ1) is 13.3. The summed E-state index contributed by atoms with van der Waals surface area (Å²) in [5.41, 5.74) is 1.95. The number of pyridine rings is 1. The number of nitrogens with zero attached hydrogens (tertiary/aromatic N) is 1. The fraction of sp³-hybridized carbons (Fsp3) is 0.182. The molecule has 3 aromatic rings. The Morgan fingerprint density at radius 1 is 0.889 bits per heavy atom. The summed E-state index contributed by atoms with van der Waals surface area (Å²) in [6, 6.07) is 20.6. The van der Waals surface area contributed by atoms with Crippen molar-refractivity contribution in [2.45, 2.75) is 13.0 Å². The van der Waals surface area contributed by atoms with Gasteiger partial charge in [0.15, 0.2) is 18.1 Å². The summed E-state index contributed by atoms with van der Waals surface area (Å²) < 4.78 is 11.2. The predicted molar refractivity (Wildman–Crippen MR) is 104 cm³/mol. The second-order valence-electron chi connectivity index (χ2n) is 5.86. The fourth-order valence-corrected chi connectivity index (χ4v) is 2.75. The number of hydrogen-bond acceptors (Lipinski definition) is 4. The van der Waals surface area contributed by atoms with E-state index in [9.17, 15) is 4.79 Å². The summed E-state index contributed by atoms with van der Waals surface area (Å²) in [4.78, 5) is 16.6. The third-order valence-corrected chi connectivity index (χ3v) is 3.99. The van der Waals surface area contributed by atoms with E-state index in [0.29, 0.717) is 18.1 Å². The SMILES string of the molecule is CCOc1ccccc1OCC(=O)N[C@H](c1ccccc1)c1ccncc1. The first kappa shape index (κ1) is 18.5. The number of carbonyl (C=O) groups excluding carboxylic acids is 1. The van der Waals surface area contributed by atoms with Gasteiger partial charge in [-0.15, -0.1) is 0 Å². The van der Waals surface area contributed by atoms with E-state index in [2.05, 4.69) is 10.3 Å². The topological polar surface area (TPSA) is 60.5 Å². The molecule has 0 bridgehead atoms. The van der Waals surface area contributed by atoms with E-state index in [-0.39, 0.29) is 18.6 Å². The number of carbonyl (C=O) groups is 1. The average molecular weight is 362 g/mol. The summed E-state index contributed by atoms with van der Waals surface area (Å²) >= 11 is 0. The molecule has 138 valence electrons.